The first-order valence-corrected chi connectivity index (χ1v) is 8.68. The summed E-state index contributed by atoms with van der Waals surface area (Å²) in [5.74, 6) is 1.15. The van der Waals surface area contributed by atoms with Crippen LogP contribution in [-0.2, 0) is 4.74 Å². The van der Waals surface area contributed by atoms with Crippen LogP contribution < -0.4 is 5.32 Å². The van der Waals surface area contributed by atoms with Crippen LogP contribution in [0.25, 0.3) is 17.0 Å². The van der Waals surface area contributed by atoms with Crippen LogP contribution in [0.1, 0.15) is 12.8 Å². The Morgan fingerprint density at radius 2 is 2.08 bits per heavy atom. The van der Waals surface area contributed by atoms with Crippen molar-refractivity contribution < 1.29 is 14.2 Å². The van der Waals surface area contributed by atoms with Crippen molar-refractivity contribution in [3.8, 4) is 11.4 Å². The quantitative estimate of drug-likeness (QED) is 0.642. The zero-order valence-electron chi connectivity index (χ0n) is 14.2. The van der Waals surface area contributed by atoms with Crippen LogP contribution in [0.3, 0.4) is 0 Å². The zero-order valence-corrected chi connectivity index (χ0v) is 14.2. The summed E-state index contributed by atoms with van der Waals surface area (Å²) in [5, 5.41) is 25.5. The Hall–Kier alpha value is -2.58. The molecule has 1 saturated carbocycles. The zero-order chi connectivity index (χ0) is 17.9. The van der Waals surface area contributed by atoms with E-state index in [2.05, 4.69) is 20.6 Å². The lowest BCUT2D eigenvalue weighted by Crippen LogP contribution is -2.25. The fourth-order valence-electron chi connectivity index (χ4n) is 2.63. The molecule has 136 valence electrons. The number of nitrogens with one attached hydrogen (secondary N) is 1. The summed E-state index contributed by atoms with van der Waals surface area (Å²) < 4.78 is 21.0. The van der Waals surface area contributed by atoms with Gasteiger partial charge >= 0.3 is 0 Å². The number of hydrogen-bond acceptors (Lipinski definition) is 6. The first-order valence-electron chi connectivity index (χ1n) is 8.68. The van der Waals surface area contributed by atoms with Gasteiger partial charge in [0.15, 0.2) is 11.5 Å². The third kappa shape index (κ3) is 3.81. The second-order valence-electron chi connectivity index (χ2n) is 6.51. The second-order valence-corrected chi connectivity index (χ2v) is 6.51. The normalized spacial score (nSPS) is 15.3. The molecule has 0 amide bonds. The SMILES string of the molecule is O[C@H](CNc1ccc2nnc(-c3ccccc3F)n2n1)COCC1CC1. The van der Waals surface area contributed by atoms with E-state index >= 15 is 0 Å². The number of benzene rings is 1. The van der Waals surface area contributed by atoms with Crippen molar-refractivity contribution in [2.24, 2.45) is 5.92 Å². The maximum absolute atomic E-state index is 14.0. The van der Waals surface area contributed by atoms with E-state index in [9.17, 15) is 9.50 Å². The lowest BCUT2D eigenvalue weighted by atomic mass is 10.2. The molecule has 0 spiro atoms. The predicted octanol–water partition coefficient (Wildman–Crippen LogP) is 2.13. The molecule has 1 aliphatic rings. The molecule has 1 atom stereocenters. The molecule has 2 N–H and O–H groups in total. The number of aliphatic hydroxyl groups excluding tert-OH is 1. The van der Waals surface area contributed by atoms with E-state index in [1.165, 1.54) is 23.4 Å². The molecule has 0 bridgehead atoms. The van der Waals surface area contributed by atoms with E-state index in [1.54, 1.807) is 30.3 Å². The van der Waals surface area contributed by atoms with Gasteiger partial charge in [-0.05, 0) is 43.0 Å². The van der Waals surface area contributed by atoms with Crippen molar-refractivity contribution in [2.75, 3.05) is 25.1 Å². The molecule has 0 saturated heterocycles. The average molecular weight is 357 g/mol. The van der Waals surface area contributed by atoms with Gasteiger partial charge in [-0.25, -0.2) is 4.39 Å². The molecule has 0 aliphatic heterocycles. The topological polar surface area (TPSA) is 84.6 Å². The Morgan fingerprint density at radius 1 is 1.23 bits per heavy atom. The number of anilines is 1. The van der Waals surface area contributed by atoms with Gasteiger partial charge < -0.3 is 15.2 Å². The second kappa shape index (κ2) is 7.35. The van der Waals surface area contributed by atoms with Gasteiger partial charge in [-0.15, -0.1) is 15.3 Å². The van der Waals surface area contributed by atoms with Crippen LogP contribution in [0.4, 0.5) is 10.2 Å². The third-order valence-electron chi connectivity index (χ3n) is 4.26. The van der Waals surface area contributed by atoms with Gasteiger partial charge in [0, 0.05) is 13.2 Å². The molecule has 1 aromatic carbocycles. The van der Waals surface area contributed by atoms with Crippen molar-refractivity contribution in [3.05, 3.63) is 42.2 Å². The van der Waals surface area contributed by atoms with Crippen LogP contribution in [-0.4, -0.2) is 50.8 Å². The Balaban J connectivity index is 1.44. The molecule has 2 heterocycles. The number of halogens is 1. The number of fused-ring (bicyclic) bond motifs is 1. The Bertz CT molecular complexity index is 896. The fraction of sp³-hybridized carbons (Fsp3) is 0.389. The molecular formula is C18H20FN5O2. The smallest absolute Gasteiger partial charge is 0.188 e. The lowest BCUT2D eigenvalue weighted by molar-refractivity contribution is 0.0385. The van der Waals surface area contributed by atoms with Crippen LogP contribution in [0.15, 0.2) is 36.4 Å². The summed E-state index contributed by atoms with van der Waals surface area (Å²) >= 11 is 0. The van der Waals surface area contributed by atoms with Crippen LogP contribution in [0.2, 0.25) is 0 Å². The van der Waals surface area contributed by atoms with Gasteiger partial charge in [0.1, 0.15) is 11.6 Å². The molecule has 1 aliphatic carbocycles. The summed E-state index contributed by atoms with van der Waals surface area (Å²) in [7, 11) is 0. The first-order chi connectivity index (χ1) is 12.7. The van der Waals surface area contributed by atoms with Gasteiger partial charge in [0.05, 0.1) is 18.3 Å². The minimum absolute atomic E-state index is 0.291. The van der Waals surface area contributed by atoms with Crippen molar-refractivity contribution in [2.45, 2.75) is 18.9 Å². The van der Waals surface area contributed by atoms with Gasteiger partial charge in [-0.2, -0.15) is 4.52 Å². The van der Waals surface area contributed by atoms with E-state index in [-0.39, 0.29) is 5.82 Å². The van der Waals surface area contributed by atoms with Gasteiger partial charge in [-0.1, -0.05) is 12.1 Å². The molecule has 0 radical (unpaired) electrons. The van der Waals surface area contributed by atoms with Gasteiger partial charge in [0.25, 0.3) is 0 Å². The number of nitrogens with zero attached hydrogens (tertiary/aromatic N) is 4. The first kappa shape index (κ1) is 16.9. The largest absolute Gasteiger partial charge is 0.389 e. The molecule has 7 nitrogen and oxygen atoms in total. The van der Waals surface area contributed by atoms with Crippen molar-refractivity contribution >= 4 is 11.5 Å². The number of ether oxygens (including phenoxy) is 1. The summed E-state index contributed by atoms with van der Waals surface area (Å²) in [6.45, 7) is 1.31. The molecular weight excluding hydrogens is 337 g/mol. The Kier molecular flexibility index (Phi) is 4.77. The third-order valence-corrected chi connectivity index (χ3v) is 4.26. The van der Waals surface area contributed by atoms with Gasteiger partial charge in [0.2, 0.25) is 0 Å². The van der Waals surface area contributed by atoms with Gasteiger partial charge in [-0.3, -0.25) is 0 Å². The minimum atomic E-state index is -0.627. The molecule has 0 unspecified atom stereocenters. The van der Waals surface area contributed by atoms with Crippen LogP contribution in [0.5, 0.6) is 0 Å². The van der Waals surface area contributed by atoms with Crippen LogP contribution in [0, 0.1) is 11.7 Å². The lowest BCUT2D eigenvalue weighted by Gasteiger charge is -2.12. The van der Waals surface area contributed by atoms with E-state index in [4.69, 9.17) is 4.74 Å². The van der Waals surface area contributed by atoms with Crippen molar-refractivity contribution in [1.82, 2.24) is 19.8 Å². The van der Waals surface area contributed by atoms with Crippen molar-refractivity contribution in [3.63, 3.8) is 0 Å². The van der Waals surface area contributed by atoms with Crippen LogP contribution >= 0.6 is 0 Å². The molecule has 2 aromatic heterocycles. The number of rotatable bonds is 8. The Morgan fingerprint density at radius 3 is 2.88 bits per heavy atom. The number of hydrogen-bond donors (Lipinski definition) is 2. The highest BCUT2D eigenvalue weighted by atomic mass is 19.1. The Labute approximate surface area is 149 Å². The fourth-order valence-corrected chi connectivity index (χ4v) is 2.63. The highest BCUT2D eigenvalue weighted by molar-refractivity contribution is 5.60. The molecule has 26 heavy (non-hydrogen) atoms. The average Bonchev–Trinajstić information content (AvgIpc) is 3.38. The molecule has 3 aromatic rings. The highest BCUT2D eigenvalue weighted by Gasteiger charge is 2.21. The minimum Gasteiger partial charge on any atom is -0.389 e. The maximum Gasteiger partial charge on any atom is 0.188 e. The summed E-state index contributed by atoms with van der Waals surface area (Å²) in [4.78, 5) is 0. The predicted molar refractivity (Wildman–Crippen MR) is 94.2 cm³/mol. The summed E-state index contributed by atoms with van der Waals surface area (Å²) in [5.41, 5.74) is 0.847. The molecule has 4 rings (SSSR count). The number of aliphatic hydroxyl groups is 1. The summed E-state index contributed by atoms with van der Waals surface area (Å²) in [6.07, 6.45) is 1.82. The molecule has 1 fully saturated rings. The van der Waals surface area contributed by atoms with E-state index in [0.717, 1.165) is 0 Å². The van der Waals surface area contributed by atoms with E-state index in [0.29, 0.717) is 48.5 Å². The maximum atomic E-state index is 14.0. The summed E-state index contributed by atoms with van der Waals surface area (Å²) in [6, 6.07) is 9.84. The van der Waals surface area contributed by atoms with E-state index < -0.39 is 6.10 Å². The highest BCUT2D eigenvalue weighted by Crippen LogP contribution is 2.28. The molecule has 8 heteroatoms. The monoisotopic (exact) mass is 357 g/mol. The number of aromatic nitrogens is 4. The van der Waals surface area contributed by atoms with E-state index in [1.807, 2.05) is 0 Å². The van der Waals surface area contributed by atoms with Crippen molar-refractivity contribution in [1.29, 1.82) is 0 Å². The standard InChI is InChI=1S/C18H20FN5O2/c19-15-4-2-1-3-14(15)18-22-21-17-8-7-16(23-24(17)18)20-9-13(25)11-26-10-12-5-6-12/h1-4,7-8,12-13,25H,5-6,9-11H2,(H,20,23)/t13-/m1/s1.